The number of unbranched alkanes of at least 4 members (excludes halogenated alkanes) is 1. The van der Waals surface area contributed by atoms with Gasteiger partial charge in [0.15, 0.2) is 0 Å². The largest absolute Gasteiger partial charge is 0.266 e. The topological polar surface area (TPSA) is 50.3 Å². The quantitative estimate of drug-likeness (QED) is 0.653. The molecule has 4 nitrogen and oxygen atoms in total. The molecule has 0 spiro atoms. The van der Waals surface area contributed by atoms with E-state index >= 15 is 0 Å². The summed E-state index contributed by atoms with van der Waals surface area (Å²) in [4.78, 5) is 4.65. The predicted octanol–water partition coefficient (Wildman–Crippen LogP) is 4.54. The normalized spacial score (nSPS) is 11.6. The van der Waals surface area contributed by atoms with E-state index in [2.05, 4.69) is 11.9 Å². The minimum atomic E-state index is -3.69. The van der Waals surface area contributed by atoms with E-state index in [9.17, 15) is 8.42 Å². The second-order valence-electron chi connectivity index (χ2n) is 6.11. The van der Waals surface area contributed by atoms with E-state index in [1.54, 1.807) is 18.3 Å². The highest BCUT2D eigenvalue weighted by atomic mass is 32.2. The molecule has 0 saturated heterocycles. The number of anilines is 1. The molecule has 0 aliphatic carbocycles. The number of aryl methyl sites for hydroxylation is 1. The molecule has 0 atom stereocenters. The van der Waals surface area contributed by atoms with Gasteiger partial charge in [0.1, 0.15) is 4.90 Å². The maximum absolute atomic E-state index is 13.4. The number of para-hydroxylation sites is 2. The van der Waals surface area contributed by atoms with Crippen LogP contribution in [0.5, 0.6) is 0 Å². The highest BCUT2D eigenvalue weighted by molar-refractivity contribution is 7.93. The Morgan fingerprint density at radius 3 is 2.52 bits per heavy atom. The average molecular weight is 354 g/mol. The summed E-state index contributed by atoms with van der Waals surface area (Å²) in [5.74, 6) is 0. The fraction of sp³-hybridized carbons (Fsp3) is 0.250. The first kappa shape index (κ1) is 17.4. The fourth-order valence-electron chi connectivity index (χ4n) is 2.85. The van der Waals surface area contributed by atoms with E-state index in [0.717, 1.165) is 23.8 Å². The van der Waals surface area contributed by atoms with E-state index in [1.165, 1.54) is 4.31 Å². The molecule has 25 heavy (non-hydrogen) atoms. The summed E-state index contributed by atoms with van der Waals surface area (Å²) in [6.45, 7) is 4.45. The Hall–Kier alpha value is -2.40. The number of aromatic nitrogens is 1. The molecule has 1 heterocycles. The summed E-state index contributed by atoms with van der Waals surface area (Å²) in [6.07, 6.45) is 3.43. The first-order valence-corrected chi connectivity index (χ1v) is 9.91. The van der Waals surface area contributed by atoms with Crippen LogP contribution in [0.4, 0.5) is 5.69 Å². The van der Waals surface area contributed by atoms with Gasteiger partial charge < -0.3 is 0 Å². The van der Waals surface area contributed by atoms with Gasteiger partial charge in [-0.1, -0.05) is 43.7 Å². The summed E-state index contributed by atoms with van der Waals surface area (Å²) >= 11 is 0. The number of nitrogens with zero attached hydrogens (tertiary/aromatic N) is 2. The van der Waals surface area contributed by atoms with Gasteiger partial charge in [0, 0.05) is 18.1 Å². The Bertz CT molecular complexity index is 969. The van der Waals surface area contributed by atoms with Gasteiger partial charge in [-0.25, -0.2) is 8.42 Å². The van der Waals surface area contributed by atoms with Gasteiger partial charge in [0.2, 0.25) is 0 Å². The van der Waals surface area contributed by atoms with E-state index in [-0.39, 0.29) is 4.90 Å². The number of benzene rings is 2. The molecule has 3 aromatic rings. The van der Waals surface area contributed by atoms with Gasteiger partial charge in [-0.2, -0.15) is 0 Å². The Kier molecular flexibility index (Phi) is 5.04. The highest BCUT2D eigenvalue weighted by Gasteiger charge is 2.26. The van der Waals surface area contributed by atoms with E-state index in [1.807, 2.05) is 49.4 Å². The predicted molar refractivity (Wildman–Crippen MR) is 102 cm³/mol. The van der Waals surface area contributed by atoms with Crippen LogP contribution in [-0.2, 0) is 10.0 Å². The zero-order valence-electron chi connectivity index (χ0n) is 14.5. The molecule has 0 unspecified atom stereocenters. The highest BCUT2D eigenvalue weighted by Crippen LogP contribution is 2.28. The van der Waals surface area contributed by atoms with Gasteiger partial charge >= 0.3 is 0 Å². The molecule has 3 rings (SSSR count). The van der Waals surface area contributed by atoms with Crippen molar-refractivity contribution in [1.29, 1.82) is 0 Å². The van der Waals surface area contributed by atoms with Crippen LogP contribution in [0.1, 0.15) is 25.3 Å². The molecular formula is C20H22N2O2S. The van der Waals surface area contributed by atoms with E-state index in [0.29, 0.717) is 17.7 Å². The minimum Gasteiger partial charge on any atom is -0.266 e. The number of rotatable bonds is 6. The maximum Gasteiger partial charge on any atom is 0.266 e. The molecule has 0 radical (unpaired) electrons. The lowest BCUT2D eigenvalue weighted by Crippen LogP contribution is -2.32. The number of sulfonamides is 1. The molecule has 0 N–H and O–H groups in total. The lowest BCUT2D eigenvalue weighted by Gasteiger charge is -2.25. The molecule has 0 amide bonds. The Labute approximate surface area is 149 Å². The van der Waals surface area contributed by atoms with Crippen LogP contribution in [-0.4, -0.2) is 19.9 Å². The van der Waals surface area contributed by atoms with Crippen molar-refractivity contribution >= 4 is 26.6 Å². The van der Waals surface area contributed by atoms with E-state index < -0.39 is 10.0 Å². The van der Waals surface area contributed by atoms with Crippen LogP contribution in [0.2, 0.25) is 0 Å². The van der Waals surface area contributed by atoms with Crippen molar-refractivity contribution in [2.45, 2.75) is 31.6 Å². The molecule has 1 aromatic heterocycles. The van der Waals surface area contributed by atoms with Crippen molar-refractivity contribution in [3.63, 3.8) is 0 Å². The minimum absolute atomic E-state index is 0.255. The fourth-order valence-corrected chi connectivity index (χ4v) is 4.53. The lowest BCUT2D eigenvalue weighted by molar-refractivity contribution is 0.589. The van der Waals surface area contributed by atoms with Crippen LogP contribution in [0, 0.1) is 6.92 Å². The molecule has 5 heteroatoms. The maximum atomic E-state index is 13.4. The summed E-state index contributed by atoms with van der Waals surface area (Å²) < 4.78 is 28.3. The number of fused-ring (bicyclic) bond motifs is 1. The molecule has 0 saturated carbocycles. The van der Waals surface area contributed by atoms with Crippen molar-refractivity contribution in [1.82, 2.24) is 4.98 Å². The van der Waals surface area contributed by atoms with Gasteiger partial charge in [0.25, 0.3) is 10.0 Å². The van der Waals surface area contributed by atoms with Gasteiger partial charge in [0.05, 0.1) is 11.2 Å². The number of hydrogen-bond acceptors (Lipinski definition) is 3. The van der Waals surface area contributed by atoms with Crippen molar-refractivity contribution in [3.8, 4) is 0 Å². The van der Waals surface area contributed by atoms with Crippen LogP contribution < -0.4 is 4.31 Å². The van der Waals surface area contributed by atoms with Crippen molar-refractivity contribution < 1.29 is 8.42 Å². The molecule has 2 aromatic carbocycles. The first-order chi connectivity index (χ1) is 12.0. The van der Waals surface area contributed by atoms with E-state index in [4.69, 9.17) is 0 Å². The van der Waals surface area contributed by atoms with Crippen LogP contribution in [0.3, 0.4) is 0 Å². The summed E-state index contributed by atoms with van der Waals surface area (Å²) in [5.41, 5.74) is 2.21. The molecular weight excluding hydrogens is 332 g/mol. The van der Waals surface area contributed by atoms with Crippen molar-refractivity contribution in [3.05, 3.63) is 66.4 Å². The third-order valence-electron chi connectivity index (χ3n) is 4.14. The zero-order chi connectivity index (χ0) is 17.9. The molecule has 0 bridgehead atoms. The smallest absolute Gasteiger partial charge is 0.266 e. The summed E-state index contributed by atoms with van der Waals surface area (Å²) in [6, 6.07) is 16.5. The van der Waals surface area contributed by atoms with Gasteiger partial charge in [-0.3, -0.25) is 9.29 Å². The standard InChI is InChI=1S/C20H22N2O2S/c1-3-4-13-22(18-10-6-5-7-11-18)25(23,24)19-12-8-9-17-14-16(2)15-21-20(17)19/h5-12,14-15H,3-4,13H2,1-2H3. The third-order valence-corrected chi connectivity index (χ3v) is 6.00. The molecule has 130 valence electrons. The van der Waals surface area contributed by atoms with Crippen LogP contribution in [0.15, 0.2) is 65.7 Å². The molecule has 0 fully saturated rings. The van der Waals surface area contributed by atoms with Gasteiger partial charge in [-0.05, 0) is 43.2 Å². The average Bonchev–Trinajstić information content (AvgIpc) is 2.62. The zero-order valence-corrected chi connectivity index (χ0v) is 15.3. The Morgan fingerprint density at radius 1 is 1.04 bits per heavy atom. The number of hydrogen-bond donors (Lipinski definition) is 0. The van der Waals surface area contributed by atoms with Crippen LogP contribution in [0.25, 0.3) is 10.9 Å². The van der Waals surface area contributed by atoms with Gasteiger partial charge in [-0.15, -0.1) is 0 Å². The SMILES string of the molecule is CCCCN(c1ccccc1)S(=O)(=O)c1cccc2cc(C)cnc12. The second kappa shape index (κ2) is 7.23. The summed E-state index contributed by atoms with van der Waals surface area (Å²) in [5, 5.41) is 0.838. The first-order valence-electron chi connectivity index (χ1n) is 8.47. The Balaban J connectivity index is 2.15. The van der Waals surface area contributed by atoms with Crippen LogP contribution >= 0.6 is 0 Å². The molecule has 0 aliphatic rings. The second-order valence-corrected chi connectivity index (χ2v) is 7.94. The third kappa shape index (κ3) is 3.51. The van der Waals surface area contributed by atoms with Crippen molar-refractivity contribution in [2.24, 2.45) is 0 Å². The lowest BCUT2D eigenvalue weighted by atomic mass is 10.2. The molecule has 0 aliphatic heterocycles. The Morgan fingerprint density at radius 2 is 1.80 bits per heavy atom. The monoisotopic (exact) mass is 354 g/mol. The summed E-state index contributed by atoms with van der Waals surface area (Å²) in [7, 11) is -3.69. The number of pyridine rings is 1. The van der Waals surface area contributed by atoms with Crippen molar-refractivity contribution in [2.75, 3.05) is 10.8 Å².